The van der Waals surface area contributed by atoms with Crippen molar-refractivity contribution in [2.75, 3.05) is 36.1 Å². The van der Waals surface area contributed by atoms with Gasteiger partial charge in [-0.2, -0.15) is 18.6 Å². The number of carbonyl (C=O) groups is 1. The summed E-state index contributed by atoms with van der Waals surface area (Å²) in [6, 6.07) is 7.09. The molecule has 14 heteroatoms. The minimum atomic E-state index is -4.20. The quantitative estimate of drug-likeness (QED) is 0.106. The predicted molar refractivity (Wildman–Crippen MR) is 176 cm³/mol. The smallest absolute Gasteiger partial charge is 0.358 e. The minimum absolute atomic E-state index is 0.0102. The van der Waals surface area contributed by atoms with Gasteiger partial charge in [0.05, 0.1) is 11.0 Å². The summed E-state index contributed by atoms with van der Waals surface area (Å²) in [6.45, 7) is 9.59. The first-order valence-electron chi connectivity index (χ1n) is 15.9. The van der Waals surface area contributed by atoms with Gasteiger partial charge >= 0.3 is 6.18 Å². The zero-order valence-corrected chi connectivity index (χ0v) is 28.1. The summed E-state index contributed by atoms with van der Waals surface area (Å²) in [5.41, 5.74) is 1.87. The lowest BCUT2D eigenvalue weighted by molar-refractivity contribution is -0.192. The summed E-state index contributed by atoms with van der Waals surface area (Å²) in [5, 5.41) is 5.16. The molecule has 1 aliphatic carbocycles. The van der Waals surface area contributed by atoms with Gasteiger partial charge in [0.15, 0.2) is 0 Å². The molecule has 0 spiro atoms. The van der Waals surface area contributed by atoms with Crippen molar-refractivity contribution in [2.24, 2.45) is 11.3 Å². The molecule has 2 atom stereocenters. The van der Waals surface area contributed by atoms with Crippen LogP contribution in [0.1, 0.15) is 76.1 Å². The standard InChI is InChI=1S/C32H43ClF3N7O2S/c1-4-42(16-6-5-7-22-19-30(2,3)38-20-22)25-10-8-23(21-37-25)46-41-29(44)24-9-11-26(39-28(24)33)43-17-12-27(40-43)45-18-15-31(13-14-31)32(34,35)36/h8-12,17,21-22,27,38,40H,4-7,13-16,18-20H2,1-3H3,(H,41,44). The molecule has 5 rings (SSSR count). The molecule has 252 valence electrons. The van der Waals surface area contributed by atoms with Gasteiger partial charge in [-0.05, 0) is 114 Å². The molecule has 2 aromatic rings. The van der Waals surface area contributed by atoms with Gasteiger partial charge in [0.2, 0.25) is 0 Å². The van der Waals surface area contributed by atoms with E-state index in [1.54, 1.807) is 35.6 Å². The normalized spacial score (nSPS) is 21.5. The zero-order chi connectivity index (χ0) is 33.0. The zero-order valence-electron chi connectivity index (χ0n) is 26.5. The van der Waals surface area contributed by atoms with Crippen LogP contribution in [0.5, 0.6) is 0 Å². The fourth-order valence-corrected chi connectivity index (χ4v) is 6.80. The molecule has 2 aliphatic heterocycles. The van der Waals surface area contributed by atoms with Crippen molar-refractivity contribution >= 4 is 41.1 Å². The average molecular weight is 682 g/mol. The summed E-state index contributed by atoms with van der Waals surface area (Å²) in [5.74, 6) is 1.68. The molecule has 1 saturated heterocycles. The molecule has 2 unspecified atom stereocenters. The van der Waals surface area contributed by atoms with E-state index >= 15 is 0 Å². The van der Waals surface area contributed by atoms with Crippen molar-refractivity contribution in [3.05, 3.63) is 53.5 Å². The fourth-order valence-electron chi connectivity index (χ4n) is 6.00. The Morgan fingerprint density at radius 3 is 2.67 bits per heavy atom. The van der Waals surface area contributed by atoms with E-state index < -0.39 is 23.7 Å². The van der Waals surface area contributed by atoms with E-state index in [4.69, 9.17) is 16.3 Å². The Morgan fingerprint density at radius 1 is 1.24 bits per heavy atom. The van der Waals surface area contributed by atoms with Gasteiger partial charge in [-0.15, -0.1) is 0 Å². The number of ether oxygens (including phenoxy) is 1. The summed E-state index contributed by atoms with van der Waals surface area (Å²) in [4.78, 5) is 24.9. The summed E-state index contributed by atoms with van der Waals surface area (Å²) < 4.78 is 47.8. The van der Waals surface area contributed by atoms with Crippen molar-refractivity contribution in [3.8, 4) is 0 Å². The third kappa shape index (κ3) is 8.85. The highest BCUT2D eigenvalue weighted by molar-refractivity contribution is 7.98. The van der Waals surface area contributed by atoms with Crippen molar-refractivity contribution in [3.63, 3.8) is 0 Å². The number of nitrogens with zero attached hydrogens (tertiary/aromatic N) is 4. The third-order valence-corrected chi connectivity index (χ3v) is 10.0. The monoisotopic (exact) mass is 681 g/mol. The molecule has 1 amide bonds. The molecule has 0 aromatic carbocycles. The van der Waals surface area contributed by atoms with Gasteiger partial charge in [-0.1, -0.05) is 18.0 Å². The van der Waals surface area contributed by atoms with Crippen molar-refractivity contribution in [1.29, 1.82) is 0 Å². The number of carbonyl (C=O) groups excluding carboxylic acids is 1. The van der Waals surface area contributed by atoms with Gasteiger partial charge < -0.3 is 15.0 Å². The lowest BCUT2D eigenvalue weighted by Crippen LogP contribution is -2.38. The van der Waals surface area contributed by atoms with Crippen molar-refractivity contribution < 1.29 is 22.7 Å². The number of pyridine rings is 2. The number of anilines is 2. The van der Waals surface area contributed by atoms with Crippen LogP contribution in [0.4, 0.5) is 24.8 Å². The minimum Gasteiger partial charge on any atom is -0.358 e. The first-order valence-corrected chi connectivity index (χ1v) is 17.1. The van der Waals surface area contributed by atoms with E-state index in [-0.39, 0.29) is 42.1 Å². The van der Waals surface area contributed by atoms with Crippen molar-refractivity contribution in [1.82, 2.24) is 25.4 Å². The number of rotatable bonds is 15. The number of hydrogen-bond acceptors (Lipinski definition) is 9. The van der Waals surface area contributed by atoms with E-state index in [1.807, 2.05) is 12.1 Å². The predicted octanol–water partition coefficient (Wildman–Crippen LogP) is 6.87. The van der Waals surface area contributed by atoms with Crippen LogP contribution < -0.4 is 25.4 Å². The highest BCUT2D eigenvalue weighted by Crippen LogP contribution is 2.59. The Morgan fingerprint density at radius 2 is 2.04 bits per heavy atom. The first-order chi connectivity index (χ1) is 21.9. The number of hydrogen-bond donors (Lipinski definition) is 3. The maximum absolute atomic E-state index is 13.1. The van der Waals surface area contributed by atoms with Crippen LogP contribution >= 0.6 is 23.5 Å². The van der Waals surface area contributed by atoms with Crippen LogP contribution in [0.3, 0.4) is 0 Å². The van der Waals surface area contributed by atoms with E-state index in [0.29, 0.717) is 5.82 Å². The van der Waals surface area contributed by atoms with Gasteiger partial charge in [0.1, 0.15) is 23.0 Å². The molecule has 0 radical (unpaired) electrons. The number of nitrogens with one attached hydrogen (secondary N) is 3. The maximum atomic E-state index is 13.1. The molecule has 2 aromatic heterocycles. The van der Waals surface area contributed by atoms with Crippen LogP contribution in [-0.2, 0) is 4.74 Å². The second kappa shape index (κ2) is 14.7. The molecular weight excluding hydrogens is 639 g/mol. The Labute approximate surface area is 278 Å². The lowest BCUT2D eigenvalue weighted by atomic mass is 9.93. The van der Waals surface area contributed by atoms with Crippen molar-refractivity contribution in [2.45, 2.75) is 88.6 Å². The SMILES string of the molecule is CCN(CCCCC1CNC(C)(C)C1)c1ccc(SNC(=O)c2ccc(N3C=CC(OCCC4(C(F)(F)F)CC4)N3)nc2Cl)cn1. The van der Waals surface area contributed by atoms with Crippen LogP contribution in [0.15, 0.2) is 47.6 Å². The average Bonchev–Trinajstić information content (AvgIpc) is 3.54. The fraction of sp³-hybridized carbons (Fsp3) is 0.594. The molecule has 9 nitrogen and oxygen atoms in total. The van der Waals surface area contributed by atoms with Crippen LogP contribution in [-0.4, -0.2) is 60.1 Å². The lowest BCUT2D eigenvalue weighted by Gasteiger charge is -2.22. The number of hydrazine groups is 1. The number of halogens is 4. The topological polar surface area (TPSA) is 94.7 Å². The molecule has 4 heterocycles. The summed E-state index contributed by atoms with van der Waals surface area (Å²) in [6.07, 6.45) is 5.33. The van der Waals surface area contributed by atoms with E-state index in [0.717, 1.165) is 54.6 Å². The molecule has 0 bridgehead atoms. The van der Waals surface area contributed by atoms with Crippen LogP contribution in [0.2, 0.25) is 5.15 Å². The van der Waals surface area contributed by atoms with Crippen LogP contribution in [0, 0.1) is 11.3 Å². The highest BCUT2D eigenvalue weighted by Gasteiger charge is 2.62. The summed E-state index contributed by atoms with van der Waals surface area (Å²) in [7, 11) is 0. The largest absolute Gasteiger partial charge is 0.394 e. The first kappa shape index (κ1) is 34.7. The van der Waals surface area contributed by atoms with Gasteiger partial charge in [-0.25, -0.2) is 9.97 Å². The Balaban J connectivity index is 1.04. The second-order valence-electron chi connectivity index (χ2n) is 13.0. The Kier molecular flexibility index (Phi) is 11.1. The van der Waals surface area contributed by atoms with E-state index in [2.05, 4.69) is 51.1 Å². The maximum Gasteiger partial charge on any atom is 0.394 e. The molecule has 3 N–H and O–H groups in total. The molecular formula is C32H43ClF3N7O2S. The highest BCUT2D eigenvalue weighted by atomic mass is 35.5. The Bertz CT molecular complexity index is 1370. The number of aromatic nitrogens is 2. The molecule has 46 heavy (non-hydrogen) atoms. The van der Waals surface area contributed by atoms with Gasteiger partial charge in [-0.3, -0.25) is 14.5 Å². The number of amides is 1. The number of alkyl halides is 3. The second-order valence-corrected chi connectivity index (χ2v) is 14.2. The molecule has 1 saturated carbocycles. The van der Waals surface area contributed by atoms with E-state index in [1.165, 1.54) is 19.3 Å². The van der Waals surface area contributed by atoms with Crippen LogP contribution in [0.25, 0.3) is 0 Å². The van der Waals surface area contributed by atoms with Gasteiger partial charge in [0.25, 0.3) is 5.91 Å². The Hall–Kier alpha value is -2.58. The summed E-state index contributed by atoms with van der Waals surface area (Å²) >= 11 is 7.51. The van der Waals surface area contributed by atoms with Gasteiger partial charge in [0, 0.05) is 42.5 Å². The molecule has 2 fully saturated rings. The third-order valence-electron chi connectivity index (χ3n) is 8.98. The van der Waals surface area contributed by atoms with E-state index in [9.17, 15) is 18.0 Å². The number of unbranched alkanes of at least 4 members (excludes halogenated alkanes) is 1. The molecule has 3 aliphatic rings.